The molecule has 0 bridgehead atoms. The van der Waals surface area contributed by atoms with E-state index in [-0.39, 0.29) is 11.5 Å². The summed E-state index contributed by atoms with van der Waals surface area (Å²) in [6.07, 6.45) is 2.77. The van der Waals surface area contributed by atoms with Crippen molar-refractivity contribution in [3.63, 3.8) is 0 Å². The number of likely N-dealkylation sites (N-methyl/N-ethyl adjacent to an activating group) is 1. The van der Waals surface area contributed by atoms with Crippen molar-refractivity contribution >= 4 is 11.9 Å². The van der Waals surface area contributed by atoms with Gasteiger partial charge >= 0.3 is 5.97 Å². The van der Waals surface area contributed by atoms with Gasteiger partial charge in [-0.3, -0.25) is 9.69 Å². The zero-order valence-electron chi connectivity index (χ0n) is 19.3. The first-order valence-corrected chi connectivity index (χ1v) is 11.5. The number of amides is 1. The number of para-hydroxylation sites is 1. The van der Waals surface area contributed by atoms with E-state index in [1.54, 1.807) is 42.5 Å². The van der Waals surface area contributed by atoms with Crippen LogP contribution in [0.15, 0.2) is 48.5 Å². The molecule has 1 aliphatic carbocycles. The molecule has 0 aromatic heterocycles. The molecule has 8 heteroatoms. The van der Waals surface area contributed by atoms with Gasteiger partial charge in [0.2, 0.25) is 5.91 Å². The minimum Gasteiger partial charge on any atom is -0.491 e. The lowest BCUT2D eigenvalue weighted by atomic mass is 9.86. The van der Waals surface area contributed by atoms with Crippen LogP contribution in [0.2, 0.25) is 0 Å². The fourth-order valence-electron chi connectivity index (χ4n) is 4.56. The summed E-state index contributed by atoms with van der Waals surface area (Å²) in [4.78, 5) is 26.9. The highest BCUT2D eigenvalue weighted by Crippen LogP contribution is 2.46. The van der Waals surface area contributed by atoms with E-state index in [4.69, 9.17) is 14.6 Å². The van der Waals surface area contributed by atoms with Crippen molar-refractivity contribution in [1.29, 1.82) is 5.26 Å². The maximum absolute atomic E-state index is 13.7. The lowest BCUT2D eigenvalue weighted by Crippen LogP contribution is -2.62. The number of hydrogen-bond acceptors (Lipinski definition) is 6. The second kappa shape index (κ2) is 9.84. The first-order chi connectivity index (χ1) is 16.4. The summed E-state index contributed by atoms with van der Waals surface area (Å²) in [7, 11) is 1.92. The number of ether oxygens (including phenoxy) is 2. The largest absolute Gasteiger partial charge is 0.491 e. The number of carbonyl (C=O) groups excluding carboxylic acids is 1. The van der Waals surface area contributed by atoms with Crippen LogP contribution in [-0.2, 0) is 15.1 Å². The third-order valence-electron chi connectivity index (χ3n) is 6.95. The number of carbonyl (C=O) groups is 2. The Kier molecular flexibility index (Phi) is 6.87. The first-order valence-electron chi connectivity index (χ1n) is 11.5. The smallest absolute Gasteiger partial charge is 0.335 e. The van der Waals surface area contributed by atoms with E-state index in [1.807, 2.05) is 18.0 Å². The minimum atomic E-state index is -0.970. The summed E-state index contributed by atoms with van der Waals surface area (Å²) in [5.41, 5.74) is 0.444. The standard InChI is InChI=1S/C26H29N3O5/c1-29(14-17-34-22-5-3-2-4-20(22)18-27)26(12-15-33-16-13-26)24(32)28-25(10-11-25)21-8-6-19(7-9-21)23(30)31/h2-9H,10-17H2,1H3,(H,28,32)(H,30,31). The molecule has 0 spiro atoms. The molecule has 1 saturated heterocycles. The van der Waals surface area contributed by atoms with Gasteiger partial charge in [-0.15, -0.1) is 0 Å². The van der Waals surface area contributed by atoms with Crippen LogP contribution < -0.4 is 10.1 Å². The predicted octanol–water partition coefficient (Wildman–Crippen LogP) is 2.92. The molecule has 1 saturated carbocycles. The lowest BCUT2D eigenvalue weighted by molar-refractivity contribution is -0.140. The predicted molar refractivity (Wildman–Crippen MR) is 125 cm³/mol. The fraction of sp³-hybridized carbons (Fsp3) is 0.423. The summed E-state index contributed by atoms with van der Waals surface area (Å²) in [6, 6.07) is 16.0. The number of benzene rings is 2. The van der Waals surface area contributed by atoms with Crippen molar-refractivity contribution in [1.82, 2.24) is 10.2 Å². The molecule has 0 unspecified atom stereocenters. The quantitative estimate of drug-likeness (QED) is 0.588. The van der Waals surface area contributed by atoms with Gasteiger partial charge in [0, 0.05) is 19.8 Å². The molecule has 4 rings (SSSR count). The zero-order valence-corrected chi connectivity index (χ0v) is 19.3. The van der Waals surface area contributed by atoms with Crippen LogP contribution in [0.1, 0.15) is 47.2 Å². The Morgan fingerprint density at radius 2 is 1.79 bits per heavy atom. The highest BCUT2D eigenvalue weighted by atomic mass is 16.5. The monoisotopic (exact) mass is 463 g/mol. The summed E-state index contributed by atoms with van der Waals surface area (Å²) in [5.74, 6) is -0.482. The van der Waals surface area contributed by atoms with Gasteiger partial charge in [0.15, 0.2) is 0 Å². The minimum absolute atomic E-state index is 0.0458. The summed E-state index contributed by atoms with van der Waals surface area (Å²) in [6.45, 7) is 1.84. The molecule has 0 atom stereocenters. The van der Waals surface area contributed by atoms with Gasteiger partial charge in [0.1, 0.15) is 24.0 Å². The molecule has 2 fully saturated rings. The molecule has 34 heavy (non-hydrogen) atoms. The maximum atomic E-state index is 13.7. The van der Waals surface area contributed by atoms with Gasteiger partial charge in [-0.2, -0.15) is 5.26 Å². The van der Waals surface area contributed by atoms with Crippen molar-refractivity contribution in [3.8, 4) is 11.8 Å². The van der Waals surface area contributed by atoms with Gasteiger partial charge < -0.3 is 19.9 Å². The number of aromatic carboxylic acids is 1. The zero-order chi connectivity index (χ0) is 24.2. The van der Waals surface area contributed by atoms with Crippen LogP contribution in [0.25, 0.3) is 0 Å². The number of nitrogens with one attached hydrogen (secondary N) is 1. The highest BCUT2D eigenvalue weighted by molar-refractivity contribution is 5.88. The molecule has 2 aromatic carbocycles. The van der Waals surface area contributed by atoms with E-state index in [9.17, 15) is 14.9 Å². The molecule has 1 heterocycles. The third kappa shape index (κ3) is 4.76. The Morgan fingerprint density at radius 3 is 2.41 bits per heavy atom. The lowest BCUT2D eigenvalue weighted by Gasteiger charge is -2.43. The average Bonchev–Trinajstić information content (AvgIpc) is 3.65. The number of nitrogens with zero attached hydrogens (tertiary/aromatic N) is 2. The van der Waals surface area contributed by atoms with Gasteiger partial charge in [-0.05, 0) is 62.6 Å². The highest BCUT2D eigenvalue weighted by Gasteiger charge is 2.51. The Hall–Kier alpha value is -3.41. The number of hydrogen-bond donors (Lipinski definition) is 2. The molecular weight excluding hydrogens is 434 g/mol. The van der Waals surface area contributed by atoms with Crippen molar-refractivity contribution in [2.45, 2.75) is 36.8 Å². The van der Waals surface area contributed by atoms with Gasteiger partial charge in [0.05, 0.1) is 16.7 Å². The van der Waals surface area contributed by atoms with Crippen molar-refractivity contribution in [3.05, 3.63) is 65.2 Å². The Morgan fingerprint density at radius 1 is 1.12 bits per heavy atom. The van der Waals surface area contributed by atoms with Gasteiger partial charge in [-0.1, -0.05) is 24.3 Å². The van der Waals surface area contributed by atoms with E-state index < -0.39 is 17.0 Å². The summed E-state index contributed by atoms with van der Waals surface area (Å²) in [5, 5.41) is 21.7. The molecule has 2 aliphatic rings. The van der Waals surface area contributed by atoms with Crippen LogP contribution >= 0.6 is 0 Å². The Labute approximate surface area is 199 Å². The molecule has 1 aliphatic heterocycles. The Bertz CT molecular complexity index is 1080. The molecule has 2 N–H and O–H groups in total. The number of carboxylic acids is 1. The van der Waals surface area contributed by atoms with E-state index in [1.165, 1.54) is 0 Å². The van der Waals surface area contributed by atoms with Crippen molar-refractivity contribution in [2.24, 2.45) is 0 Å². The first kappa shape index (κ1) is 23.7. The fourth-order valence-corrected chi connectivity index (χ4v) is 4.56. The van der Waals surface area contributed by atoms with E-state index in [0.29, 0.717) is 50.5 Å². The molecule has 178 valence electrons. The van der Waals surface area contributed by atoms with Gasteiger partial charge in [0.25, 0.3) is 0 Å². The topological polar surface area (TPSA) is 112 Å². The summed E-state index contributed by atoms with van der Waals surface area (Å²) < 4.78 is 11.4. The van der Waals surface area contributed by atoms with Crippen LogP contribution in [0.5, 0.6) is 5.75 Å². The SMILES string of the molecule is CN(CCOc1ccccc1C#N)C1(C(=O)NC2(c3ccc(C(=O)O)cc3)CC2)CCOCC1. The molecular formula is C26H29N3O5. The maximum Gasteiger partial charge on any atom is 0.335 e. The summed E-state index contributed by atoms with van der Waals surface area (Å²) >= 11 is 0. The second-order valence-electron chi connectivity index (χ2n) is 8.94. The van der Waals surface area contributed by atoms with Crippen molar-refractivity contribution in [2.75, 3.05) is 33.4 Å². The van der Waals surface area contributed by atoms with Crippen molar-refractivity contribution < 1.29 is 24.2 Å². The Balaban J connectivity index is 1.45. The van der Waals surface area contributed by atoms with E-state index in [2.05, 4.69) is 11.4 Å². The van der Waals surface area contributed by atoms with E-state index in [0.717, 1.165) is 18.4 Å². The number of nitriles is 1. The molecule has 0 radical (unpaired) electrons. The van der Waals surface area contributed by atoms with Crippen LogP contribution in [0, 0.1) is 11.3 Å². The number of rotatable bonds is 9. The van der Waals surface area contributed by atoms with Crippen LogP contribution in [-0.4, -0.2) is 60.8 Å². The second-order valence-corrected chi connectivity index (χ2v) is 8.94. The normalized spacial score (nSPS) is 18.0. The molecule has 1 amide bonds. The molecule has 8 nitrogen and oxygen atoms in total. The average molecular weight is 464 g/mol. The van der Waals surface area contributed by atoms with Crippen LogP contribution in [0.4, 0.5) is 0 Å². The van der Waals surface area contributed by atoms with Crippen LogP contribution in [0.3, 0.4) is 0 Å². The molecule has 2 aromatic rings. The van der Waals surface area contributed by atoms with E-state index >= 15 is 0 Å². The van der Waals surface area contributed by atoms with Gasteiger partial charge in [-0.25, -0.2) is 4.79 Å². The third-order valence-corrected chi connectivity index (χ3v) is 6.95. The number of carboxylic acid groups (broad SMARTS) is 1.